The molecule has 0 unspecified atom stereocenters. The summed E-state index contributed by atoms with van der Waals surface area (Å²) in [6.07, 6.45) is 3.31. The zero-order valence-electron chi connectivity index (χ0n) is 18.7. The second kappa shape index (κ2) is 10.6. The maximum atomic E-state index is 11.2. The van der Waals surface area contributed by atoms with Gasteiger partial charge in [-0.1, -0.05) is 26.0 Å². The first-order chi connectivity index (χ1) is 15.4. The Morgan fingerprint density at radius 3 is 2.53 bits per heavy atom. The minimum atomic E-state index is -0.918. The van der Waals surface area contributed by atoms with Gasteiger partial charge in [0.2, 0.25) is 5.88 Å². The van der Waals surface area contributed by atoms with Crippen molar-refractivity contribution >= 4 is 5.97 Å². The van der Waals surface area contributed by atoms with E-state index < -0.39 is 5.97 Å². The topological polar surface area (TPSA) is 109 Å². The summed E-state index contributed by atoms with van der Waals surface area (Å²) in [5, 5.41) is 22.0. The van der Waals surface area contributed by atoms with Crippen LogP contribution in [0, 0.1) is 0 Å². The molecule has 0 radical (unpaired) electrons. The van der Waals surface area contributed by atoms with Crippen LogP contribution in [-0.4, -0.2) is 51.9 Å². The minimum Gasteiger partial charge on any atom is -0.493 e. The van der Waals surface area contributed by atoms with Crippen molar-refractivity contribution in [1.29, 1.82) is 0 Å². The van der Waals surface area contributed by atoms with Crippen LogP contribution in [0.2, 0.25) is 0 Å². The molecule has 0 saturated carbocycles. The van der Waals surface area contributed by atoms with Gasteiger partial charge in [-0.25, -0.2) is 4.68 Å². The number of nitrogens with zero attached hydrogens (tertiary/aromatic N) is 4. The average Bonchev–Trinajstić information content (AvgIpc) is 3.21. The maximum Gasteiger partial charge on any atom is 0.307 e. The summed E-state index contributed by atoms with van der Waals surface area (Å²) in [5.74, 6) is 1.39. The average molecular weight is 441 g/mol. The first kappa shape index (κ1) is 23.1. The number of para-hydroxylation sites is 1. The molecule has 1 N–H and O–H groups in total. The summed E-state index contributed by atoms with van der Waals surface area (Å²) >= 11 is 0. The second-order valence-corrected chi connectivity index (χ2v) is 7.54. The van der Waals surface area contributed by atoms with Crippen molar-refractivity contribution in [3.8, 4) is 23.2 Å². The van der Waals surface area contributed by atoms with E-state index >= 15 is 0 Å². The van der Waals surface area contributed by atoms with Crippen LogP contribution >= 0.6 is 0 Å². The highest BCUT2D eigenvalue weighted by atomic mass is 16.5. The molecular weight excluding hydrogens is 412 g/mol. The van der Waals surface area contributed by atoms with E-state index in [9.17, 15) is 4.79 Å². The first-order valence-electron chi connectivity index (χ1n) is 10.4. The Hall–Kier alpha value is -3.62. The smallest absolute Gasteiger partial charge is 0.307 e. The van der Waals surface area contributed by atoms with Gasteiger partial charge in [-0.3, -0.25) is 4.79 Å². The number of carboxylic acids is 1. The number of aliphatic carboxylic acids is 1. The Morgan fingerprint density at radius 1 is 1.09 bits per heavy atom. The van der Waals surface area contributed by atoms with Crippen LogP contribution < -0.4 is 14.2 Å². The lowest BCUT2D eigenvalue weighted by Crippen LogP contribution is -2.07. The minimum absolute atomic E-state index is 0.125. The van der Waals surface area contributed by atoms with Crippen molar-refractivity contribution in [1.82, 2.24) is 20.0 Å². The summed E-state index contributed by atoms with van der Waals surface area (Å²) in [4.78, 5) is 11.2. The number of benzene rings is 1. The van der Waals surface area contributed by atoms with Crippen LogP contribution in [0.5, 0.6) is 17.4 Å². The van der Waals surface area contributed by atoms with Crippen molar-refractivity contribution in [3.63, 3.8) is 0 Å². The summed E-state index contributed by atoms with van der Waals surface area (Å²) in [6.45, 7) is 4.61. The van der Waals surface area contributed by atoms with Crippen LogP contribution in [-0.2, 0) is 17.6 Å². The molecule has 3 rings (SSSR count). The molecular formula is C23H28N4O5. The fraction of sp³-hybridized carbons (Fsp3) is 0.391. The van der Waals surface area contributed by atoms with Crippen LogP contribution in [0.4, 0.5) is 0 Å². The van der Waals surface area contributed by atoms with Crippen LogP contribution in [0.25, 0.3) is 5.82 Å². The predicted molar refractivity (Wildman–Crippen MR) is 118 cm³/mol. The van der Waals surface area contributed by atoms with E-state index in [1.165, 1.54) is 7.11 Å². The number of ether oxygens (including phenoxy) is 3. The van der Waals surface area contributed by atoms with E-state index in [4.69, 9.17) is 24.4 Å². The monoisotopic (exact) mass is 440 g/mol. The summed E-state index contributed by atoms with van der Waals surface area (Å²) in [5.41, 5.74) is 2.68. The number of aromatic nitrogens is 4. The molecule has 1 aromatic carbocycles. The molecule has 0 fully saturated rings. The Labute approximate surface area is 187 Å². The van der Waals surface area contributed by atoms with Gasteiger partial charge in [-0.05, 0) is 36.5 Å². The van der Waals surface area contributed by atoms with Crippen molar-refractivity contribution < 1.29 is 24.1 Å². The quantitative estimate of drug-likeness (QED) is 0.452. The molecule has 32 heavy (non-hydrogen) atoms. The lowest BCUT2D eigenvalue weighted by atomic mass is 10.0. The van der Waals surface area contributed by atoms with Crippen LogP contribution in [0.1, 0.15) is 43.0 Å². The van der Waals surface area contributed by atoms with E-state index in [0.717, 1.165) is 24.1 Å². The SMILES string of the molecule is COc1ccc(-n2cc(CCCOc3c(CC(=O)O)cccc3OC)c(C(C)C)n2)nn1. The number of carboxylic acid groups (broad SMARTS) is 1. The van der Waals surface area contributed by atoms with Crippen molar-refractivity contribution in [3.05, 3.63) is 53.3 Å². The summed E-state index contributed by atoms with van der Waals surface area (Å²) in [6, 6.07) is 8.81. The number of hydrogen-bond donors (Lipinski definition) is 1. The molecule has 0 saturated heterocycles. The zero-order valence-corrected chi connectivity index (χ0v) is 18.7. The lowest BCUT2D eigenvalue weighted by molar-refractivity contribution is -0.136. The van der Waals surface area contributed by atoms with Gasteiger partial charge < -0.3 is 19.3 Å². The second-order valence-electron chi connectivity index (χ2n) is 7.54. The molecule has 0 spiro atoms. The van der Waals surface area contributed by atoms with Crippen molar-refractivity contribution in [2.75, 3.05) is 20.8 Å². The number of hydrogen-bond acceptors (Lipinski definition) is 7. The van der Waals surface area contributed by atoms with Gasteiger partial charge in [0.15, 0.2) is 17.3 Å². The van der Waals surface area contributed by atoms with E-state index in [-0.39, 0.29) is 12.3 Å². The standard InChI is InChI=1S/C23H28N4O5/c1-15(2)22-17(14-27(26-22)19-10-11-20(31-4)25-24-19)8-6-12-32-23-16(13-21(28)29)7-5-9-18(23)30-3/h5,7,9-11,14-15H,6,8,12-13H2,1-4H3,(H,28,29). The molecule has 0 bridgehead atoms. The zero-order chi connectivity index (χ0) is 23.1. The molecule has 0 aliphatic carbocycles. The normalized spacial score (nSPS) is 10.9. The Balaban J connectivity index is 1.70. The van der Waals surface area contributed by atoms with E-state index in [2.05, 4.69) is 24.0 Å². The molecule has 3 aromatic rings. The highest BCUT2D eigenvalue weighted by Gasteiger charge is 2.16. The third-order valence-electron chi connectivity index (χ3n) is 4.90. The molecule has 170 valence electrons. The fourth-order valence-electron chi connectivity index (χ4n) is 3.39. The number of aryl methyl sites for hydroxylation is 1. The van der Waals surface area contributed by atoms with E-state index in [1.807, 2.05) is 12.3 Å². The van der Waals surface area contributed by atoms with Gasteiger partial charge in [0, 0.05) is 17.8 Å². The molecule has 0 aliphatic rings. The fourth-order valence-corrected chi connectivity index (χ4v) is 3.39. The lowest BCUT2D eigenvalue weighted by Gasteiger charge is -2.14. The van der Waals surface area contributed by atoms with E-state index in [0.29, 0.717) is 35.4 Å². The third kappa shape index (κ3) is 5.54. The number of carbonyl (C=O) groups is 1. The van der Waals surface area contributed by atoms with Crippen LogP contribution in [0.15, 0.2) is 36.5 Å². The molecule has 0 amide bonds. The Kier molecular flexibility index (Phi) is 7.64. The van der Waals surface area contributed by atoms with Crippen LogP contribution in [0.3, 0.4) is 0 Å². The first-order valence-corrected chi connectivity index (χ1v) is 10.4. The van der Waals surface area contributed by atoms with Gasteiger partial charge in [0.25, 0.3) is 0 Å². The third-order valence-corrected chi connectivity index (χ3v) is 4.90. The van der Waals surface area contributed by atoms with Crippen molar-refractivity contribution in [2.24, 2.45) is 0 Å². The molecule has 0 atom stereocenters. The largest absolute Gasteiger partial charge is 0.493 e. The molecule has 9 heteroatoms. The predicted octanol–water partition coefficient (Wildman–Crippen LogP) is 3.44. The molecule has 0 aliphatic heterocycles. The molecule has 2 heterocycles. The van der Waals surface area contributed by atoms with Gasteiger partial charge in [0.05, 0.1) is 32.9 Å². The van der Waals surface area contributed by atoms with Gasteiger partial charge >= 0.3 is 5.97 Å². The van der Waals surface area contributed by atoms with Gasteiger partial charge in [-0.15, -0.1) is 10.2 Å². The molecule has 2 aromatic heterocycles. The summed E-state index contributed by atoms with van der Waals surface area (Å²) in [7, 11) is 3.09. The Bertz CT molecular complexity index is 1050. The molecule has 9 nitrogen and oxygen atoms in total. The number of rotatable bonds is 11. The summed E-state index contributed by atoms with van der Waals surface area (Å²) < 4.78 is 18.1. The highest BCUT2D eigenvalue weighted by molar-refractivity contribution is 5.72. The van der Waals surface area contributed by atoms with Crippen molar-refractivity contribution in [2.45, 2.75) is 39.0 Å². The van der Waals surface area contributed by atoms with Gasteiger partial charge in [0.1, 0.15) is 0 Å². The Morgan fingerprint density at radius 2 is 1.91 bits per heavy atom. The maximum absolute atomic E-state index is 11.2. The van der Waals surface area contributed by atoms with E-state index in [1.54, 1.807) is 36.1 Å². The van der Waals surface area contributed by atoms with Gasteiger partial charge in [-0.2, -0.15) is 5.10 Å². The number of methoxy groups -OCH3 is 2. The highest BCUT2D eigenvalue weighted by Crippen LogP contribution is 2.32.